The number of amides is 2. The molecule has 0 radical (unpaired) electrons. The van der Waals surface area contributed by atoms with Gasteiger partial charge in [-0.05, 0) is 25.0 Å². The van der Waals surface area contributed by atoms with Crippen molar-refractivity contribution in [2.45, 2.75) is 12.8 Å². The molecule has 2 amide bonds. The summed E-state index contributed by atoms with van der Waals surface area (Å²) in [5, 5.41) is 9.79. The van der Waals surface area contributed by atoms with Gasteiger partial charge in [-0.1, -0.05) is 29.8 Å². The number of aromatic carboxylic acids is 1. The van der Waals surface area contributed by atoms with Gasteiger partial charge in [0.15, 0.2) is 0 Å². The average molecular weight is 306 g/mol. The Labute approximate surface area is 125 Å². The molecule has 2 atom stereocenters. The van der Waals surface area contributed by atoms with Gasteiger partial charge in [-0.25, -0.2) is 9.69 Å². The summed E-state index contributed by atoms with van der Waals surface area (Å²) in [6.45, 7) is 0. The highest BCUT2D eigenvalue weighted by Gasteiger charge is 2.49. The molecule has 2 aliphatic rings. The number of imide groups is 1. The van der Waals surface area contributed by atoms with Crippen LogP contribution in [0.5, 0.6) is 0 Å². The average Bonchev–Trinajstić information content (AvgIpc) is 2.70. The van der Waals surface area contributed by atoms with Crippen LogP contribution in [0.15, 0.2) is 35.4 Å². The number of allylic oxidation sites excluding steroid dienone is 2. The van der Waals surface area contributed by atoms with E-state index in [0.29, 0.717) is 17.9 Å². The van der Waals surface area contributed by atoms with Crippen molar-refractivity contribution in [3.8, 4) is 0 Å². The van der Waals surface area contributed by atoms with E-state index in [0.717, 1.165) is 4.90 Å². The Morgan fingerprint density at radius 3 is 2.57 bits per heavy atom. The summed E-state index contributed by atoms with van der Waals surface area (Å²) in [6, 6.07) is 6.02. The zero-order chi connectivity index (χ0) is 15.1. The van der Waals surface area contributed by atoms with Crippen molar-refractivity contribution in [3.05, 3.63) is 40.9 Å². The van der Waals surface area contributed by atoms with Crippen LogP contribution in [-0.2, 0) is 9.59 Å². The number of benzene rings is 1. The van der Waals surface area contributed by atoms with E-state index < -0.39 is 17.8 Å². The third-order valence-corrected chi connectivity index (χ3v) is 4.25. The van der Waals surface area contributed by atoms with Gasteiger partial charge in [-0.2, -0.15) is 0 Å². The van der Waals surface area contributed by atoms with E-state index in [4.69, 9.17) is 11.6 Å². The molecule has 1 heterocycles. The lowest BCUT2D eigenvalue weighted by Gasteiger charge is -2.17. The fraction of sp³-hybridized carbons (Fsp3) is 0.267. The van der Waals surface area contributed by atoms with Gasteiger partial charge in [-0.15, -0.1) is 0 Å². The predicted octanol–water partition coefficient (Wildman–Crippen LogP) is 2.41. The van der Waals surface area contributed by atoms with Crippen LogP contribution in [-0.4, -0.2) is 22.9 Å². The highest BCUT2D eigenvalue weighted by atomic mass is 35.5. The maximum atomic E-state index is 12.5. The molecular weight excluding hydrogens is 294 g/mol. The van der Waals surface area contributed by atoms with Crippen LogP contribution < -0.4 is 4.90 Å². The molecule has 6 heteroatoms. The third kappa shape index (κ3) is 2.14. The van der Waals surface area contributed by atoms with Crippen LogP contribution in [0.1, 0.15) is 23.2 Å². The fourth-order valence-electron chi connectivity index (χ4n) is 2.91. The number of carboxylic acid groups (broad SMARTS) is 1. The summed E-state index contributed by atoms with van der Waals surface area (Å²) in [6.07, 6.45) is 2.50. The smallest absolute Gasteiger partial charge is 0.337 e. The molecule has 0 bridgehead atoms. The zero-order valence-corrected chi connectivity index (χ0v) is 11.7. The normalized spacial score (nSPS) is 24.8. The van der Waals surface area contributed by atoms with Gasteiger partial charge in [0.25, 0.3) is 0 Å². The number of para-hydroxylation sites is 1. The summed E-state index contributed by atoms with van der Waals surface area (Å²) in [4.78, 5) is 37.2. The monoisotopic (exact) mass is 305 g/mol. The fourth-order valence-corrected chi connectivity index (χ4v) is 3.17. The molecule has 0 aromatic heterocycles. The summed E-state index contributed by atoms with van der Waals surface area (Å²) < 4.78 is 0. The molecule has 1 aliphatic heterocycles. The van der Waals surface area contributed by atoms with Gasteiger partial charge in [0, 0.05) is 5.03 Å². The molecule has 3 rings (SSSR count). The van der Waals surface area contributed by atoms with Crippen LogP contribution in [0.25, 0.3) is 0 Å². The van der Waals surface area contributed by atoms with E-state index in [1.54, 1.807) is 18.2 Å². The Balaban J connectivity index is 2.04. The van der Waals surface area contributed by atoms with E-state index in [1.807, 2.05) is 0 Å². The second-order valence-corrected chi connectivity index (χ2v) is 5.62. The summed E-state index contributed by atoms with van der Waals surface area (Å²) in [5.41, 5.74) is 0.0717. The van der Waals surface area contributed by atoms with Gasteiger partial charge in [0.05, 0.1) is 23.1 Å². The van der Waals surface area contributed by atoms with Crippen LogP contribution >= 0.6 is 11.6 Å². The third-order valence-electron chi connectivity index (χ3n) is 3.94. The van der Waals surface area contributed by atoms with E-state index >= 15 is 0 Å². The second kappa shape index (κ2) is 5.00. The summed E-state index contributed by atoms with van der Waals surface area (Å²) >= 11 is 5.96. The van der Waals surface area contributed by atoms with Gasteiger partial charge >= 0.3 is 5.97 Å². The summed E-state index contributed by atoms with van der Waals surface area (Å²) in [7, 11) is 0. The molecule has 108 valence electrons. The lowest BCUT2D eigenvalue weighted by molar-refractivity contribution is -0.122. The van der Waals surface area contributed by atoms with E-state index in [2.05, 4.69) is 0 Å². The minimum atomic E-state index is -1.17. The molecule has 1 aromatic rings. The highest BCUT2D eigenvalue weighted by Crippen LogP contribution is 2.41. The number of nitrogens with zero attached hydrogens (tertiary/aromatic N) is 1. The van der Waals surface area contributed by atoms with Crippen LogP contribution in [0.3, 0.4) is 0 Å². The van der Waals surface area contributed by atoms with Crippen molar-refractivity contribution >= 4 is 35.1 Å². The minimum Gasteiger partial charge on any atom is -0.478 e. The number of carbonyl (C=O) groups is 3. The maximum Gasteiger partial charge on any atom is 0.337 e. The van der Waals surface area contributed by atoms with Crippen LogP contribution in [0, 0.1) is 11.8 Å². The Kier molecular flexibility index (Phi) is 3.29. The maximum absolute atomic E-state index is 12.5. The molecule has 0 unspecified atom stereocenters. The van der Waals surface area contributed by atoms with Crippen molar-refractivity contribution in [2.24, 2.45) is 11.8 Å². The van der Waals surface area contributed by atoms with Gasteiger partial charge in [-0.3, -0.25) is 9.59 Å². The number of carbonyl (C=O) groups excluding carboxylic acids is 2. The van der Waals surface area contributed by atoms with Gasteiger partial charge in [0.2, 0.25) is 11.8 Å². The quantitative estimate of drug-likeness (QED) is 0.851. The largest absolute Gasteiger partial charge is 0.478 e. The van der Waals surface area contributed by atoms with Crippen molar-refractivity contribution in [2.75, 3.05) is 4.90 Å². The Morgan fingerprint density at radius 2 is 1.86 bits per heavy atom. The standard InChI is InChI=1S/C15H12ClNO4/c16-8-5-6-9-11(7-8)14(19)17(13(9)18)12-4-2-1-3-10(12)15(20)21/h1-5,9,11H,6-7H2,(H,20,21)/t9-,11-/m0/s1. The summed E-state index contributed by atoms with van der Waals surface area (Å²) in [5.74, 6) is -2.82. The molecule has 1 aromatic carbocycles. The van der Waals surface area contributed by atoms with E-state index in [9.17, 15) is 19.5 Å². The first-order chi connectivity index (χ1) is 10.0. The van der Waals surface area contributed by atoms with E-state index in [-0.39, 0.29) is 23.1 Å². The highest BCUT2D eigenvalue weighted by molar-refractivity contribution is 6.31. The van der Waals surface area contributed by atoms with Crippen molar-refractivity contribution < 1.29 is 19.5 Å². The molecule has 1 fully saturated rings. The molecule has 21 heavy (non-hydrogen) atoms. The second-order valence-electron chi connectivity index (χ2n) is 5.14. The lowest BCUT2D eigenvalue weighted by Crippen LogP contribution is -2.32. The zero-order valence-electron chi connectivity index (χ0n) is 11.0. The SMILES string of the molecule is O=C(O)c1ccccc1N1C(=O)[C@H]2CC=C(Cl)C[C@@H]2C1=O. The van der Waals surface area contributed by atoms with Crippen molar-refractivity contribution in [1.82, 2.24) is 0 Å². The predicted molar refractivity (Wildman–Crippen MR) is 76.0 cm³/mol. The topological polar surface area (TPSA) is 74.7 Å². The number of hydrogen-bond acceptors (Lipinski definition) is 3. The lowest BCUT2D eigenvalue weighted by atomic mass is 9.85. The number of hydrogen-bond donors (Lipinski definition) is 1. The Bertz CT molecular complexity index is 682. The molecular formula is C15H12ClNO4. The van der Waals surface area contributed by atoms with Gasteiger partial charge in [0.1, 0.15) is 0 Å². The molecule has 5 nitrogen and oxygen atoms in total. The number of halogens is 1. The number of anilines is 1. The number of fused-ring (bicyclic) bond motifs is 1. The molecule has 1 saturated heterocycles. The first kappa shape index (κ1) is 13.8. The molecule has 1 N–H and O–H groups in total. The first-order valence-corrected chi connectivity index (χ1v) is 6.93. The molecule has 0 saturated carbocycles. The Morgan fingerprint density at radius 1 is 1.19 bits per heavy atom. The van der Waals surface area contributed by atoms with Crippen LogP contribution in [0.2, 0.25) is 0 Å². The van der Waals surface area contributed by atoms with Crippen molar-refractivity contribution in [3.63, 3.8) is 0 Å². The first-order valence-electron chi connectivity index (χ1n) is 6.55. The van der Waals surface area contributed by atoms with E-state index in [1.165, 1.54) is 12.1 Å². The van der Waals surface area contributed by atoms with Crippen molar-refractivity contribution in [1.29, 1.82) is 0 Å². The van der Waals surface area contributed by atoms with Gasteiger partial charge < -0.3 is 5.11 Å². The minimum absolute atomic E-state index is 0.0584. The molecule has 0 spiro atoms. The Hall–Kier alpha value is -2.14. The number of carboxylic acids is 1. The number of rotatable bonds is 2. The van der Waals surface area contributed by atoms with Crippen LogP contribution in [0.4, 0.5) is 5.69 Å². The molecule has 1 aliphatic carbocycles.